The Morgan fingerprint density at radius 3 is 2.70 bits per heavy atom. The van der Waals surface area contributed by atoms with Gasteiger partial charge < -0.3 is 4.74 Å². The van der Waals surface area contributed by atoms with Gasteiger partial charge in [0.25, 0.3) is 10.0 Å². The standard InChI is InChI=1S/C18H16ClFN2O4S/c1-26-18(23)8-4-5-12-11-14-15(9-10-17(19)21-14)22(12)27(24,25)16-7-3-2-6-13(16)20/h2-3,6-7,9-11H,4-5,8H2,1H3. The highest BCUT2D eigenvalue weighted by Gasteiger charge is 2.26. The summed E-state index contributed by atoms with van der Waals surface area (Å²) in [6.45, 7) is 0. The molecule has 0 radical (unpaired) electrons. The molecule has 0 unspecified atom stereocenters. The molecular formula is C18H16ClFN2O4S. The number of aromatic nitrogens is 2. The van der Waals surface area contributed by atoms with Crippen LogP contribution in [0.4, 0.5) is 4.39 Å². The molecule has 1 aromatic carbocycles. The number of nitrogens with zero attached hydrogens (tertiary/aromatic N) is 2. The molecule has 0 saturated carbocycles. The SMILES string of the molecule is COC(=O)CCCc1cc2nc(Cl)ccc2n1S(=O)(=O)c1ccccc1F. The lowest BCUT2D eigenvalue weighted by atomic mass is 10.2. The van der Waals surface area contributed by atoms with Crippen LogP contribution < -0.4 is 0 Å². The average molecular weight is 411 g/mol. The van der Waals surface area contributed by atoms with Crippen LogP contribution in [-0.2, 0) is 26.0 Å². The summed E-state index contributed by atoms with van der Waals surface area (Å²) in [4.78, 5) is 15.0. The van der Waals surface area contributed by atoms with E-state index in [4.69, 9.17) is 11.6 Å². The molecule has 142 valence electrons. The first-order valence-corrected chi connectivity index (χ1v) is 9.90. The molecule has 0 atom stereocenters. The maximum atomic E-state index is 14.2. The van der Waals surface area contributed by atoms with Crippen LogP contribution in [0.1, 0.15) is 18.5 Å². The van der Waals surface area contributed by atoms with E-state index < -0.39 is 26.7 Å². The second-order valence-electron chi connectivity index (χ2n) is 5.80. The number of halogens is 2. The van der Waals surface area contributed by atoms with Gasteiger partial charge in [-0.3, -0.25) is 4.79 Å². The van der Waals surface area contributed by atoms with Gasteiger partial charge >= 0.3 is 5.97 Å². The molecule has 0 saturated heterocycles. The molecule has 2 aromatic heterocycles. The van der Waals surface area contributed by atoms with Gasteiger partial charge in [-0.1, -0.05) is 23.7 Å². The average Bonchev–Trinajstić information content (AvgIpc) is 2.99. The highest BCUT2D eigenvalue weighted by molar-refractivity contribution is 7.90. The Morgan fingerprint density at radius 1 is 1.26 bits per heavy atom. The van der Waals surface area contributed by atoms with Gasteiger partial charge in [-0.15, -0.1) is 0 Å². The molecule has 9 heteroatoms. The number of hydrogen-bond donors (Lipinski definition) is 0. The number of rotatable bonds is 6. The first-order chi connectivity index (χ1) is 12.8. The summed E-state index contributed by atoms with van der Waals surface area (Å²) >= 11 is 5.91. The minimum Gasteiger partial charge on any atom is -0.469 e. The van der Waals surface area contributed by atoms with Crippen molar-refractivity contribution < 1.29 is 22.3 Å². The first kappa shape index (κ1) is 19.3. The fourth-order valence-electron chi connectivity index (χ4n) is 2.82. The van der Waals surface area contributed by atoms with Crippen molar-refractivity contribution >= 4 is 38.6 Å². The Balaban J connectivity index is 2.13. The van der Waals surface area contributed by atoms with Crippen LogP contribution in [0.3, 0.4) is 0 Å². The number of fused-ring (bicyclic) bond motifs is 1. The summed E-state index contributed by atoms with van der Waals surface area (Å²) < 4.78 is 46.2. The number of carbonyl (C=O) groups is 1. The van der Waals surface area contributed by atoms with E-state index in [2.05, 4.69) is 9.72 Å². The van der Waals surface area contributed by atoms with Gasteiger partial charge in [0.05, 0.1) is 18.1 Å². The highest BCUT2D eigenvalue weighted by Crippen LogP contribution is 2.28. The zero-order valence-electron chi connectivity index (χ0n) is 14.4. The van der Waals surface area contributed by atoms with Gasteiger partial charge in [-0.05, 0) is 43.2 Å². The van der Waals surface area contributed by atoms with Crippen molar-refractivity contribution in [1.82, 2.24) is 8.96 Å². The Morgan fingerprint density at radius 2 is 2.00 bits per heavy atom. The zero-order valence-corrected chi connectivity index (χ0v) is 15.9. The van der Waals surface area contributed by atoms with Gasteiger partial charge in [0, 0.05) is 12.1 Å². The van der Waals surface area contributed by atoms with Crippen molar-refractivity contribution in [3.8, 4) is 0 Å². The van der Waals surface area contributed by atoms with Crippen molar-refractivity contribution in [1.29, 1.82) is 0 Å². The van der Waals surface area contributed by atoms with Crippen LogP contribution in [0.25, 0.3) is 11.0 Å². The number of methoxy groups -OCH3 is 1. The second-order valence-corrected chi connectivity index (χ2v) is 7.95. The fraction of sp³-hybridized carbons (Fsp3) is 0.222. The quantitative estimate of drug-likeness (QED) is 0.458. The first-order valence-electron chi connectivity index (χ1n) is 8.08. The largest absolute Gasteiger partial charge is 0.469 e. The van der Waals surface area contributed by atoms with Crippen LogP contribution in [0.2, 0.25) is 5.15 Å². The minimum atomic E-state index is -4.21. The number of benzene rings is 1. The van der Waals surface area contributed by atoms with E-state index in [1.54, 1.807) is 6.07 Å². The summed E-state index contributed by atoms with van der Waals surface area (Å²) in [5.41, 5.74) is 1.04. The van der Waals surface area contributed by atoms with E-state index in [0.29, 0.717) is 17.6 Å². The van der Waals surface area contributed by atoms with Crippen molar-refractivity contribution in [2.45, 2.75) is 24.2 Å². The molecule has 0 spiro atoms. The van der Waals surface area contributed by atoms with Crippen LogP contribution in [0.5, 0.6) is 0 Å². The van der Waals surface area contributed by atoms with Crippen molar-refractivity contribution in [3.63, 3.8) is 0 Å². The Bertz CT molecular complexity index is 1110. The number of pyridine rings is 1. The maximum Gasteiger partial charge on any atom is 0.305 e. The van der Waals surface area contributed by atoms with E-state index in [0.717, 1.165) is 10.0 Å². The molecule has 3 aromatic rings. The van der Waals surface area contributed by atoms with Crippen LogP contribution in [-0.4, -0.2) is 30.5 Å². The molecule has 0 fully saturated rings. The Kier molecular flexibility index (Phi) is 5.48. The molecular weight excluding hydrogens is 395 g/mol. The lowest BCUT2D eigenvalue weighted by Crippen LogP contribution is -2.17. The normalized spacial score (nSPS) is 11.7. The van der Waals surface area contributed by atoms with E-state index in [1.807, 2.05) is 0 Å². The third-order valence-corrected chi connectivity index (χ3v) is 6.06. The number of ether oxygens (including phenoxy) is 1. The van der Waals surface area contributed by atoms with Crippen molar-refractivity contribution in [2.75, 3.05) is 7.11 Å². The van der Waals surface area contributed by atoms with Crippen molar-refractivity contribution in [3.05, 3.63) is 59.1 Å². The fourth-order valence-corrected chi connectivity index (χ4v) is 4.60. The van der Waals surface area contributed by atoms with E-state index in [9.17, 15) is 17.6 Å². The molecule has 0 amide bonds. The molecule has 0 bridgehead atoms. The molecule has 0 aliphatic rings. The topological polar surface area (TPSA) is 78.3 Å². The second kappa shape index (κ2) is 7.66. The third-order valence-electron chi connectivity index (χ3n) is 4.05. The molecule has 0 aliphatic heterocycles. The van der Waals surface area contributed by atoms with Crippen molar-refractivity contribution in [2.24, 2.45) is 0 Å². The lowest BCUT2D eigenvalue weighted by Gasteiger charge is -2.12. The number of hydrogen-bond acceptors (Lipinski definition) is 5. The van der Waals surface area contributed by atoms with Gasteiger partial charge in [-0.25, -0.2) is 21.8 Å². The lowest BCUT2D eigenvalue weighted by molar-refractivity contribution is -0.140. The Labute approximate surface area is 160 Å². The van der Waals surface area contributed by atoms with E-state index in [1.165, 1.54) is 37.4 Å². The summed E-state index contributed by atoms with van der Waals surface area (Å²) in [6, 6.07) is 9.73. The number of esters is 1. The smallest absolute Gasteiger partial charge is 0.305 e. The highest BCUT2D eigenvalue weighted by atomic mass is 35.5. The predicted molar refractivity (Wildman–Crippen MR) is 98.7 cm³/mol. The van der Waals surface area contributed by atoms with Crippen LogP contribution in [0.15, 0.2) is 47.4 Å². The van der Waals surface area contributed by atoms with Gasteiger partial charge in [-0.2, -0.15) is 0 Å². The summed E-state index contributed by atoms with van der Waals surface area (Å²) in [6.07, 6.45) is 0.756. The van der Waals surface area contributed by atoms with E-state index >= 15 is 0 Å². The monoisotopic (exact) mass is 410 g/mol. The van der Waals surface area contributed by atoms with Gasteiger partial charge in [0.15, 0.2) is 0 Å². The Hall–Kier alpha value is -2.45. The molecule has 0 aliphatic carbocycles. The maximum absolute atomic E-state index is 14.2. The molecule has 2 heterocycles. The summed E-state index contributed by atoms with van der Waals surface area (Å²) in [5.74, 6) is -1.24. The van der Waals surface area contributed by atoms with Gasteiger partial charge in [0.2, 0.25) is 0 Å². The molecule has 3 rings (SSSR count). The summed E-state index contributed by atoms with van der Waals surface area (Å²) in [7, 11) is -2.92. The van der Waals surface area contributed by atoms with Crippen LogP contribution in [0, 0.1) is 5.82 Å². The number of carbonyl (C=O) groups excluding carboxylic acids is 1. The zero-order chi connectivity index (χ0) is 19.6. The summed E-state index contributed by atoms with van der Waals surface area (Å²) in [5, 5.41) is 0.212. The minimum absolute atomic E-state index is 0.131. The van der Waals surface area contributed by atoms with E-state index in [-0.39, 0.29) is 23.5 Å². The third kappa shape index (κ3) is 3.81. The molecule has 27 heavy (non-hydrogen) atoms. The van der Waals surface area contributed by atoms with Crippen LogP contribution >= 0.6 is 11.6 Å². The predicted octanol–water partition coefficient (Wildman–Crippen LogP) is 3.56. The molecule has 6 nitrogen and oxygen atoms in total. The van der Waals surface area contributed by atoms with Gasteiger partial charge in [0.1, 0.15) is 15.9 Å². The molecule has 0 N–H and O–H groups in total. The number of aryl methyl sites for hydroxylation is 1.